The maximum absolute atomic E-state index is 9.12. The van der Waals surface area contributed by atoms with Crippen LogP contribution in [0.4, 0.5) is 0 Å². The van der Waals surface area contributed by atoms with E-state index in [9.17, 15) is 0 Å². The van der Waals surface area contributed by atoms with Crippen LogP contribution in [0.2, 0.25) is 0 Å². The summed E-state index contributed by atoms with van der Waals surface area (Å²) >= 11 is 1.98. The Labute approximate surface area is 80.8 Å². The third-order valence-corrected chi connectivity index (χ3v) is 1.50. The first-order valence-electron chi connectivity index (χ1n) is 3.39. The summed E-state index contributed by atoms with van der Waals surface area (Å²) < 4.78 is 12.6. The van der Waals surface area contributed by atoms with Crippen LogP contribution in [0.1, 0.15) is 0 Å². The molecule has 68 valence electrons. The second kappa shape index (κ2) is 8.66. The van der Waals surface area contributed by atoms with Gasteiger partial charge < -0.3 is 14.6 Å². The third kappa shape index (κ3) is 8.48. The Hall–Kier alpha value is 0.570. The van der Waals surface area contributed by atoms with Crippen molar-refractivity contribution in [2.24, 2.45) is 0 Å². The van der Waals surface area contributed by atoms with Crippen LogP contribution in [0.25, 0.3) is 0 Å². The Balaban J connectivity index is 2.97. The molecule has 5 heteroatoms. The van der Waals surface area contributed by atoms with Gasteiger partial charge in [-0.1, -0.05) is 0 Å². The molecule has 1 unspecified atom stereocenters. The van der Waals surface area contributed by atoms with Crippen LogP contribution in [0.5, 0.6) is 0 Å². The van der Waals surface area contributed by atoms with Crippen molar-refractivity contribution < 1.29 is 14.6 Å². The maximum Gasteiger partial charge on any atom is 0.0905 e. The fraction of sp³-hybridized carbons (Fsp3) is 1.00. The minimum Gasteiger partial charge on any atom is -0.389 e. The van der Waals surface area contributed by atoms with Crippen LogP contribution in [-0.4, -0.2) is 44.7 Å². The molecule has 11 heavy (non-hydrogen) atoms. The van der Waals surface area contributed by atoms with Gasteiger partial charge in [-0.15, -0.1) is 0 Å². The van der Waals surface area contributed by atoms with Gasteiger partial charge in [0.15, 0.2) is 0 Å². The van der Waals surface area contributed by atoms with Crippen LogP contribution in [0.3, 0.4) is 0 Å². The fourth-order valence-corrected chi connectivity index (χ4v) is 1.02. The van der Waals surface area contributed by atoms with Crippen LogP contribution in [0, 0.1) is 0 Å². The van der Waals surface area contributed by atoms with Gasteiger partial charge in [-0.2, -0.15) is 0 Å². The molecule has 0 radical (unpaired) electrons. The summed E-state index contributed by atoms with van der Waals surface area (Å²) in [7, 11) is 1.62. The number of halogens is 1. The van der Waals surface area contributed by atoms with Crippen molar-refractivity contribution in [1.29, 1.82) is 0 Å². The van der Waals surface area contributed by atoms with Crippen molar-refractivity contribution in [3.8, 4) is 0 Å². The number of aliphatic hydroxyl groups is 1. The van der Waals surface area contributed by atoms with Gasteiger partial charge in [0.1, 0.15) is 0 Å². The van der Waals surface area contributed by atoms with E-state index in [2.05, 4.69) is 3.53 Å². The van der Waals surface area contributed by atoms with Gasteiger partial charge in [0.05, 0.1) is 25.9 Å². The molecule has 1 atom stereocenters. The summed E-state index contributed by atoms with van der Waals surface area (Å²) in [6.07, 6.45) is -0.427. The molecular formula is C6H14INO3. The molecule has 0 aromatic carbocycles. The van der Waals surface area contributed by atoms with Crippen molar-refractivity contribution in [2.75, 3.05) is 33.5 Å². The van der Waals surface area contributed by atoms with Gasteiger partial charge in [0, 0.05) is 36.5 Å². The van der Waals surface area contributed by atoms with E-state index in [4.69, 9.17) is 14.6 Å². The van der Waals surface area contributed by atoms with E-state index in [-0.39, 0.29) is 0 Å². The average Bonchev–Trinajstić information content (AvgIpc) is 1.99. The highest BCUT2D eigenvalue weighted by molar-refractivity contribution is 14.1. The van der Waals surface area contributed by atoms with Crippen LogP contribution >= 0.6 is 22.9 Å². The molecule has 0 rings (SSSR count). The normalized spacial score (nSPS) is 13.4. The van der Waals surface area contributed by atoms with Crippen molar-refractivity contribution in [2.45, 2.75) is 6.10 Å². The summed E-state index contributed by atoms with van der Waals surface area (Å²) in [5, 5.41) is 9.12. The zero-order chi connectivity index (χ0) is 8.53. The SMILES string of the molecule is COCCOCC(O)CNI. The van der Waals surface area contributed by atoms with Gasteiger partial charge in [-0.05, 0) is 0 Å². The van der Waals surface area contributed by atoms with Crippen LogP contribution < -0.4 is 3.53 Å². The van der Waals surface area contributed by atoms with E-state index in [1.165, 1.54) is 0 Å². The molecule has 0 aliphatic carbocycles. The lowest BCUT2D eigenvalue weighted by atomic mass is 10.4. The molecular weight excluding hydrogens is 261 g/mol. The zero-order valence-corrected chi connectivity index (χ0v) is 8.70. The van der Waals surface area contributed by atoms with E-state index in [0.717, 1.165) is 0 Å². The minimum absolute atomic E-state index is 0.360. The van der Waals surface area contributed by atoms with Crippen LogP contribution in [0.15, 0.2) is 0 Å². The molecule has 0 spiro atoms. The smallest absolute Gasteiger partial charge is 0.0905 e. The number of ether oxygens (including phenoxy) is 2. The lowest BCUT2D eigenvalue weighted by Gasteiger charge is -2.08. The highest BCUT2D eigenvalue weighted by Gasteiger charge is 2.01. The second-order valence-electron chi connectivity index (χ2n) is 2.06. The molecule has 0 aliphatic heterocycles. The standard InChI is InChI=1S/C6H14INO3/c1-10-2-3-11-5-6(9)4-8-7/h6,8-9H,2-5H2,1H3. The van der Waals surface area contributed by atoms with E-state index >= 15 is 0 Å². The monoisotopic (exact) mass is 275 g/mol. The highest BCUT2D eigenvalue weighted by atomic mass is 127. The average molecular weight is 275 g/mol. The van der Waals surface area contributed by atoms with Crippen molar-refractivity contribution in [3.05, 3.63) is 0 Å². The molecule has 0 bridgehead atoms. The third-order valence-electron chi connectivity index (χ3n) is 1.05. The first-order chi connectivity index (χ1) is 5.31. The fourth-order valence-electron chi connectivity index (χ4n) is 0.510. The zero-order valence-electron chi connectivity index (χ0n) is 6.55. The number of aliphatic hydroxyl groups excluding tert-OH is 1. The van der Waals surface area contributed by atoms with Crippen molar-refractivity contribution in [1.82, 2.24) is 3.53 Å². The lowest BCUT2D eigenvalue weighted by Crippen LogP contribution is -2.25. The van der Waals surface area contributed by atoms with E-state index in [1.54, 1.807) is 7.11 Å². The summed E-state index contributed by atoms with van der Waals surface area (Å²) in [6.45, 7) is 2.02. The van der Waals surface area contributed by atoms with Crippen LogP contribution in [-0.2, 0) is 9.47 Å². The van der Waals surface area contributed by atoms with Gasteiger partial charge in [0.2, 0.25) is 0 Å². The Bertz CT molecular complexity index is 84.2. The van der Waals surface area contributed by atoms with E-state index < -0.39 is 6.10 Å². The molecule has 0 heterocycles. The Morgan fingerprint density at radius 2 is 2.27 bits per heavy atom. The first-order valence-corrected chi connectivity index (χ1v) is 4.47. The molecule has 0 saturated heterocycles. The summed E-state index contributed by atoms with van der Waals surface area (Å²) in [6, 6.07) is 0. The van der Waals surface area contributed by atoms with Gasteiger partial charge in [-0.3, -0.25) is 3.53 Å². The molecule has 0 aromatic rings. The Morgan fingerprint density at radius 3 is 2.82 bits per heavy atom. The number of hydrogen-bond donors (Lipinski definition) is 2. The Morgan fingerprint density at radius 1 is 1.55 bits per heavy atom. The topological polar surface area (TPSA) is 50.7 Å². The number of rotatable bonds is 7. The number of hydrogen-bond acceptors (Lipinski definition) is 4. The largest absolute Gasteiger partial charge is 0.389 e. The molecule has 0 aromatic heterocycles. The first kappa shape index (κ1) is 11.6. The second-order valence-corrected chi connectivity index (χ2v) is 2.82. The van der Waals surface area contributed by atoms with Gasteiger partial charge in [0.25, 0.3) is 0 Å². The summed E-state index contributed by atoms with van der Waals surface area (Å²) in [5.74, 6) is 0. The molecule has 0 fully saturated rings. The summed E-state index contributed by atoms with van der Waals surface area (Å²) in [5.41, 5.74) is 0. The molecule has 0 aliphatic rings. The predicted octanol–water partition coefficient (Wildman–Crippen LogP) is -0.0501. The van der Waals surface area contributed by atoms with E-state index in [1.807, 2.05) is 22.9 Å². The van der Waals surface area contributed by atoms with E-state index in [0.29, 0.717) is 26.4 Å². The molecule has 0 saturated carbocycles. The molecule has 2 N–H and O–H groups in total. The summed E-state index contributed by atoms with van der Waals surface area (Å²) in [4.78, 5) is 0. The van der Waals surface area contributed by atoms with Gasteiger partial charge in [-0.25, -0.2) is 0 Å². The predicted molar refractivity (Wildman–Crippen MR) is 50.7 cm³/mol. The van der Waals surface area contributed by atoms with Crippen molar-refractivity contribution >= 4 is 22.9 Å². The maximum atomic E-state index is 9.12. The molecule has 4 nitrogen and oxygen atoms in total. The highest BCUT2D eigenvalue weighted by Crippen LogP contribution is 1.85. The minimum atomic E-state index is -0.427. The van der Waals surface area contributed by atoms with Crippen molar-refractivity contribution in [3.63, 3.8) is 0 Å². The number of nitrogens with one attached hydrogen (secondary N) is 1. The molecule has 0 amide bonds. The number of methoxy groups -OCH3 is 1. The van der Waals surface area contributed by atoms with Gasteiger partial charge >= 0.3 is 0 Å². The lowest BCUT2D eigenvalue weighted by molar-refractivity contribution is 0.0161. The quantitative estimate of drug-likeness (QED) is 0.388. The Kier molecular flexibility index (Phi) is 9.11.